The molecule has 4 aromatic rings. The van der Waals surface area contributed by atoms with Gasteiger partial charge in [-0.1, -0.05) is 91.8 Å². The van der Waals surface area contributed by atoms with Crippen molar-refractivity contribution in [3.05, 3.63) is 94.0 Å². The smallest absolute Gasteiger partial charge is 0.127 e. The molecule has 0 aliphatic heterocycles. The molecule has 0 amide bonds. The van der Waals surface area contributed by atoms with Crippen molar-refractivity contribution in [3.63, 3.8) is 0 Å². The number of hydrogen-bond donors (Lipinski definition) is 0. The van der Waals surface area contributed by atoms with Crippen LogP contribution >= 0.6 is 0 Å². The lowest BCUT2D eigenvalue weighted by Crippen LogP contribution is -2.02. The first-order chi connectivity index (χ1) is 30.4. The van der Waals surface area contributed by atoms with Crippen LogP contribution in [0.3, 0.4) is 0 Å². The first-order valence-corrected chi connectivity index (χ1v) is 23.1. The van der Waals surface area contributed by atoms with Crippen LogP contribution in [-0.2, 0) is 0 Å². The van der Waals surface area contributed by atoms with Crippen LogP contribution in [0.2, 0.25) is 0 Å². The Bertz CT molecular complexity index is 1870. The molecular formula is C54H72O8. The van der Waals surface area contributed by atoms with Crippen molar-refractivity contribution < 1.29 is 37.9 Å². The zero-order valence-corrected chi connectivity index (χ0v) is 38.8. The monoisotopic (exact) mass is 849 g/mol. The molecule has 8 heteroatoms. The third kappa shape index (κ3) is 15.8. The average Bonchev–Trinajstić information content (AvgIpc) is 3.30. The fraction of sp³-hybridized carbons (Fsp3) is 0.444. The lowest BCUT2D eigenvalue weighted by Gasteiger charge is -2.16. The third-order valence-electron chi connectivity index (χ3n) is 9.29. The van der Waals surface area contributed by atoms with Gasteiger partial charge in [-0.2, -0.15) is 0 Å². The Labute approximate surface area is 372 Å². The van der Waals surface area contributed by atoms with Gasteiger partial charge in [0, 0.05) is 33.4 Å². The molecule has 0 spiro atoms. The summed E-state index contributed by atoms with van der Waals surface area (Å²) in [5.74, 6) is 6.31. The van der Waals surface area contributed by atoms with Crippen LogP contribution in [0.1, 0.15) is 140 Å². The highest BCUT2D eigenvalue weighted by molar-refractivity contribution is 5.83. The lowest BCUT2D eigenvalue weighted by atomic mass is 10.0. The van der Waals surface area contributed by atoms with E-state index in [9.17, 15) is 0 Å². The summed E-state index contributed by atoms with van der Waals surface area (Å²) in [5.41, 5.74) is 5.49. The first kappa shape index (κ1) is 49.2. The molecule has 336 valence electrons. The maximum Gasteiger partial charge on any atom is 0.127 e. The summed E-state index contributed by atoms with van der Waals surface area (Å²) in [7, 11) is 0. The molecule has 4 aromatic carbocycles. The molecular weight excluding hydrogens is 777 g/mol. The maximum absolute atomic E-state index is 6.43. The van der Waals surface area contributed by atoms with Crippen LogP contribution in [0.4, 0.5) is 0 Å². The molecule has 0 N–H and O–H groups in total. The molecule has 0 fully saturated rings. The summed E-state index contributed by atoms with van der Waals surface area (Å²) in [5, 5.41) is 0. The summed E-state index contributed by atoms with van der Waals surface area (Å²) in [6, 6.07) is 20.3. The highest BCUT2D eigenvalue weighted by atomic mass is 16.5. The van der Waals surface area contributed by atoms with E-state index >= 15 is 0 Å². The molecule has 0 atom stereocenters. The van der Waals surface area contributed by atoms with Gasteiger partial charge in [0.15, 0.2) is 0 Å². The van der Waals surface area contributed by atoms with Crippen LogP contribution in [0, 0.1) is 0 Å². The van der Waals surface area contributed by atoms with Crippen molar-refractivity contribution >= 4 is 36.5 Å². The quantitative estimate of drug-likeness (QED) is 0.0480. The van der Waals surface area contributed by atoms with Gasteiger partial charge in [0.25, 0.3) is 0 Å². The van der Waals surface area contributed by atoms with Crippen LogP contribution in [-0.4, -0.2) is 52.9 Å². The number of hydrogen-bond acceptors (Lipinski definition) is 8. The van der Waals surface area contributed by atoms with Gasteiger partial charge in [-0.25, -0.2) is 0 Å². The number of ether oxygens (including phenoxy) is 8. The van der Waals surface area contributed by atoms with E-state index in [0.717, 1.165) is 131 Å². The predicted octanol–water partition coefficient (Wildman–Crippen LogP) is 14.5. The molecule has 0 unspecified atom stereocenters. The average molecular weight is 849 g/mol. The minimum absolute atomic E-state index is 0.574. The molecule has 8 nitrogen and oxygen atoms in total. The van der Waals surface area contributed by atoms with E-state index in [-0.39, 0.29) is 0 Å². The van der Waals surface area contributed by atoms with Gasteiger partial charge < -0.3 is 37.9 Å². The zero-order valence-electron chi connectivity index (χ0n) is 38.8. The summed E-state index contributed by atoms with van der Waals surface area (Å²) in [6.07, 6.45) is 19.6. The first-order valence-electron chi connectivity index (χ1n) is 23.1. The summed E-state index contributed by atoms with van der Waals surface area (Å²) >= 11 is 0. The van der Waals surface area contributed by atoms with Crippen molar-refractivity contribution in [2.45, 2.75) is 107 Å². The second-order valence-corrected chi connectivity index (χ2v) is 15.0. The number of benzene rings is 4. The van der Waals surface area contributed by atoms with Gasteiger partial charge in [-0.3, -0.25) is 0 Å². The Morgan fingerprint density at radius 3 is 0.710 bits per heavy atom. The largest absolute Gasteiger partial charge is 0.494 e. The summed E-state index contributed by atoms with van der Waals surface area (Å²) < 4.78 is 49.9. The zero-order chi connectivity index (χ0) is 44.4. The second kappa shape index (κ2) is 28.2. The molecule has 0 heterocycles. The molecule has 0 saturated carbocycles. The van der Waals surface area contributed by atoms with E-state index in [4.69, 9.17) is 37.9 Å². The minimum Gasteiger partial charge on any atom is -0.494 e. The van der Waals surface area contributed by atoms with E-state index in [0.29, 0.717) is 52.9 Å². The summed E-state index contributed by atoms with van der Waals surface area (Å²) in [6.45, 7) is 21.7. The fourth-order valence-corrected chi connectivity index (χ4v) is 6.21. The molecule has 0 radical (unpaired) electrons. The van der Waals surface area contributed by atoms with Crippen LogP contribution in [0.15, 0.2) is 60.7 Å². The molecule has 62 heavy (non-hydrogen) atoms. The Morgan fingerprint density at radius 2 is 0.468 bits per heavy atom. The van der Waals surface area contributed by atoms with Crippen molar-refractivity contribution in [2.24, 2.45) is 0 Å². The Hall–Kier alpha value is -5.50. The van der Waals surface area contributed by atoms with Crippen molar-refractivity contribution in [2.75, 3.05) is 52.9 Å². The van der Waals surface area contributed by atoms with E-state index in [2.05, 4.69) is 116 Å². The van der Waals surface area contributed by atoms with Gasteiger partial charge in [-0.05, 0) is 112 Å². The van der Waals surface area contributed by atoms with Crippen molar-refractivity contribution in [1.29, 1.82) is 0 Å². The molecule has 0 bridgehead atoms. The minimum atomic E-state index is 0.574. The van der Waals surface area contributed by atoms with Crippen LogP contribution in [0.5, 0.6) is 46.0 Å². The fourth-order valence-electron chi connectivity index (χ4n) is 6.21. The van der Waals surface area contributed by atoms with Gasteiger partial charge in [0.05, 0.1) is 52.9 Å². The normalized spacial score (nSPS) is 11.4. The van der Waals surface area contributed by atoms with E-state index in [1.165, 1.54) is 0 Å². The van der Waals surface area contributed by atoms with E-state index in [1.807, 2.05) is 36.4 Å². The lowest BCUT2D eigenvalue weighted by molar-refractivity contribution is 0.307. The molecule has 0 aliphatic carbocycles. The molecule has 0 aromatic heterocycles. The van der Waals surface area contributed by atoms with Gasteiger partial charge in [-0.15, -0.1) is 0 Å². The summed E-state index contributed by atoms with van der Waals surface area (Å²) in [4.78, 5) is 0. The third-order valence-corrected chi connectivity index (χ3v) is 9.29. The SMILES string of the molecule is CCCOc1ccc(OCCC)c(/C=C/c2cc(OCCC)c(/C=C/c3cc(OCCC)c(/C=C/c4cc(OCCC)ccc4OCCC)cc3OCCC)cc2OCCC)c1. The van der Waals surface area contributed by atoms with Crippen LogP contribution < -0.4 is 37.9 Å². The van der Waals surface area contributed by atoms with E-state index < -0.39 is 0 Å². The van der Waals surface area contributed by atoms with E-state index in [1.54, 1.807) is 0 Å². The second-order valence-electron chi connectivity index (χ2n) is 15.0. The van der Waals surface area contributed by atoms with Crippen molar-refractivity contribution in [3.8, 4) is 46.0 Å². The standard InChI is InChI=1S/C54H72O8/c1-9-27-55-47-23-25-49(57-29-11-3)41(35-47)17-19-43-37-53(61-33-15-7)45(39-51(43)59-31-13-5)21-22-46-40-52(60-32-14-6)44(38-54(46)62-34-16-8)20-18-42-36-48(56-28-10-2)24-26-50(42)58-30-12-4/h17-26,35-40H,9-16,27-34H2,1-8H3/b19-17+,20-18+,22-21+. The van der Waals surface area contributed by atoms with Crippen molar-refractivity contribution in [1.82, 2.24) is 0 Å². The Morgan fingerprint density at radius 1 is 0.258 bits per heavy atom. The van der Waals surface area contributed by atoms with Crippen LogP contribution in [0.25, 0.3) is 36.5 Å². The number of rotatable bonds is 30. The molecule has 4 rings (SSSR count). The van der Waals surface area contributed by atoms with Gasteiger partial charge >= 0.3 is 0 Å². The Kier molecular flexibility index (Phi) is 22.3. The molecule has 0 saturated heterocycles. The maximum atomic E-state index is 6.43. The topological polar surface area (TPSA) is 73.8 Å². The molecule has 0 aliphatic rings. The Balaban J connectivity index is 1.80. The highest BCUT2D eigenvalue weighted by Crippen LogP contribution is 2.37. The van der Waals surface area contributed by atoms with Gasteiger partial charge in [0.1, 0.15) is 46.0 Å². The highest BCUT2D eigenvalue weighted by Gasteiger charge is 2.14. The predicted molar refractivity (Wildman–Crippen MR) is 259 cm³/mol. The van der Waals surface area contributed by atoms with Gasteiger partial charge in [0.2, 0.25) is 0 Å².